The van der Waals surface area contributed by atoms with Gasteiger partial charge < -0.3 is 9.84 Å². The summed E-state index contributed by atoms with van der Waals surface area (Å²) in [6, 6.07) is 13.6. The number of benzene rings is 2. The van der Waals surface area contributed by atoms with Gasteiger partial charge in [-0.2, -0.15) is 9.29 Å². The number of halogens is 1. The minimum absolute atomic E-state index is 0.0132. The standard InChI is InChI=1S/C22H25ClN4O4S/c1-22(2,3)16-7-5-15(6-8-16)21-25-20(31-26-21)13-24-19(28)14-27(4)32(29,30)18-11-9-17(23)10-12-18/h5-12H,13-14H2,1-4H3,(H,24,28). The van der Waals surface area contributed by atoms with Crippen molar-refractivity contribution in [3.63, 3.8) is 0 Å². The van der Waals surface area contributed by atoms with Gasteiger partial charge >= 0.3 is 0 Å². The lowest BCUT2D eigenvalue weighted by molar-refractivity contribution is -0.121. The van der Waals surface area contributed by atoms with E-state index in [9.17, 15) is 13.2 Å². The molecule has 0 saturated carbocycles. The number of hydrogen-bond donors (Lipinski definition) is 1. The molecule has 0 aliphatic heterocycles. The Morgan fingerprint density at radius 3 is 2.31 bits per heavy atom. The van der Waals surface area contributed by atoms with Crippen LogP contribution in [0.4, 0.5) is 0 Å². The Morgan fingerprint density at radius 1 is 1.09 bits per heavy atom. The Labute approximate surface area is 192 Å². The van der Waals surface area contributed by atoms with Gasteiger partial charge in [-0.25, -0.2) is 8.42 Å². The van der Waals surface area contributed by atoms with Gasteiger partial charge in [-0.05, 0) is 35.2 Å². The molecule has 10 heteroatoms. The number of nitrogens with one attached hydrogen (secondary N) is 1. The van der Waals surface area contributed by atoms with Crippen molar-refractivity contribution in [2.45, 2.75) is 37.6 Å². The maximum atomic E-state index is 12.6. The second kappa shape index (κ2) is 9.40. The predicted molar refractivity (Wildman–Crippen MR) is 122 cm³/mol. The normalized spacial score (nSPS) is 12.2. The molecular formula is C22H25ClN4O4S. The topological polar surface area (TPSA) is 105 Å². The second-order valence-corrected chi connectivity index (χ2v) is 10.8. The number of amides is 1. The smallest absolute Gasteiger partial charge is 0.246 e. The Kier molecular flexibility index (Phi) is 7.02. The van der Waals surface area contributed by atoms with Crippen molar-refractivity contribution in [2.24, 2.45) is 0 Å². The monoisotopic (exact) mass is 476 g/mol. The Hall–Kier alpha value is -2.75. The highest BCUT2D eigenvalue weighted by molar-refractivity contribution is 7.89. The summed E-state index contributed by atoms with van der Waals surface area (Å²) in [5.74, 6) is 0.132. The molecule has 0 spiro atoms. The summed E-state index contributed by atoms with van der Waals surface area (Å²) in [6.07, 6.45) is 0. The number of carbonyl (C=O) groups excluding carboxylic acids is 1. The molecule has 1 amide bonds. The van der Waals surface area contributed by atoms with Crippen molar-refractivity contribution < 1.29 is 17.7 Å². The van der Waals surface area contributed by atoms with Crippen LogP contribution in [0.5, 0.6) is 0 Å². The van der Waals surface area contributed by atoms with Gasteiger partial charge in [0, 0.05) is 17.6 Å². The molecule has 1 heterocycles. The summed E-state index contributed by atoms with van der Waals surface area (Å²) in [5.41, 5.74) is 2.03. The van der Waals surface area contributed by atoms with E-state index in [1.807, 2.05) is 24.3 Å². The van der Waals surface area contributed by atoms with E-state index in [-0.39, 0.29) is 29.3 Å². The van der Waals surface area contributed by atoms with Gasteiger partial charge in [-0.1, -0.05) is 61.8 Å². The van der Waals surface area contributed by atoms with Crippen molar-refractivity contribution in [3.05, 3.63) is 65.0 Å². The van der Waals surface area contributed by atoms with E-state index < -0.39 is 15.9 Å². The van der Waals surface area contributed by atoms with E-state index in [4.69, 9.17) is 16.1 Å². The lowest BCUT2D eigenvalue weighted by atomic mass is 9.87. The van der Waals surface area contributed by atoms with Crippen molar-refractivity contribution in [1.82, 2.24) is 19.8 Å². The number of nitrogens with zero attached hydrogens (tertiary/aromatic N) is 3. The average Bonchev–Trinajstić information content (AvgIpc) is 3.21. The third kappa shape index (κ3) is 5.73. The summed E-state index contributed by atoms with van der Waals surface area (Å²) in [4.78, 5) is 16.6. The summed E-state index contributed by atoms with van der Waals surface area (Å²) < 4.78 is 31.3. The number of rotatable bonds is 7. The number of sulfonamides is 1. The van der Waals surface area contributed by atoms with Crippen molar-refractivity contribution >= 4 is 27.5 Å². The number of aromatic nitrogens is 2. The molecule has 2 aromatic carbocycles. The van der Waals surface area contributed by atoms with Gasteiger partial charge in [0.15, 0.2) is 0 Å². The van der Waals surface area contributed by atoms with Gasteiger partial charge in [0.2, 0.25) is 27.6 Å². The second-order valence-electron chi connectivity index (χ2n) is 8.33. The average molecular weight is 477 g/mol. The molecular weight excluding hydrogens is 452 g/mol. The molecule has 0 aliphatic rings. The molecule has 8 nitrogen and oxygen atoms in total. The van der Waals surface area contributed by atoms with Crippen LogP contribution in [0.25, 0.3) is 11.4 Å². The van der Waals surface area contributed by atoms with Crippen LogP contribution in [-0.4, -0.2) is 42.4 Å². The van der Waals surface area contributed by atoms with E-state index in [1.165, 1.54) is 36.9 Å². The molecule has 0 unspecified atom stereocenters. The largest absolute Gasteiger partial charge is 0.346 e. The van der Waals surface area contributed by atoms with Crippen LogP contribution in [0.3, 0.4) is 0 Å². The Balaban J connectivity index is 1.57. The Bertz CT molecular complexity index is 1180. The highest BCUT2D eigenvalue weighted by Gasteiger charge is 2.23. The molecule has 1 N–H and O–H groups in total. The Morgan fingerprint density at radius 2 is 1.72 bits per heavy atom. The van der Waals surface area contributed by atoms with Crippen LogP contribution >= 0.6 is 11.6 Å². The highest BCUT2D eigenvalue weighted by Crippen LogP contribution is 2.25. The van der Waals surface area contributed by atoms with E-state index >= 15 is 0 Å². The van der Waals surface area contributed by atoms with Gasteiger partial charge in [0.1, 0.15) is 0 Å². The molecule has 3 aromatic rings. The van der Waals surface area contributed by atoms with Gasteiger partial charge in [-0.3, -0.25) is 4.79 Å². The predicted octanol–water partition coefficient (Wildman–Crippen LogP) is 3.62. The third-order valence-corrected chi connectivity index (χ3v) is 6.87. The van der Waals surface area contributed by atoms with Gasteiger partial charge in [0.05, 0.1) is 18.0 Å². The lowest BCUT2D eigenvalue weighted by Gasteiger charge is -2.18. The number of likely N-dealkylation sites (N-methyl/N-ethyl adjacent to an activating group) is 1. The zero-order valence-corrected chi connectivity index (χ0v) is 19.9. The molecule has 0 radical (unpaired) electrons. The van der Waals surface area contributed by atoms with Crippen LogP contribution in [0.15, 0.2) is 57.9 Å². The summed E-state index contributed by atoms with van der Waals surface area (Å²) in [7, 11) is -2.49. The van der Waals surface area contributed by atoms with E-state index in [0.717, 1.165) is 9.87 Å². The lowest BCUT2D eigenvalue weighted by Crippen LogP contribution is -2.38. The zero-order valence-electron chi connectivity index (χ0n) is 18.3. The zero-order chi connectivity index (χ0) is 23.5. The maximum absolute atomic E-state index is 12.6. The molecule has 3 rings (SSSR count). The minimum atomic E-state index is -3.82. The third-order valence-electron chi connectivity index (χ3n) is 4.80. The van der Waals surface area contributed by atoms with Crippen LogP contribution in [0, 0.1) is 0 Å². The quantitative estimate of drug-likeness (QED) is 0.558. The molecule has 170 valence electrons. The SMILES string of the molecule is CN(CC(=O)NCc1nc(-c2ccc(C(C)(C)C)cc2)no1)S(=O)(=O)c1ccc(Cl)cc1. The van der Waals surface area contributed by atoms with Crippen molar-refractivity contribution in [3.8, 4) is 11.4 Å². The fraction of sp³-hybridized carbons (Fsp3) is 0.318. The molecule has 32 heavy (non-hydrogen) atoms. The molecule has 0 fully saturated rings. The number of hydrogen-bond acceptors (Lipinski definition) is 6. The molecule has 0 aliphatic carbocycles. The first-order valence-electron chi connectivity index (χ1n) is 9.89. The van der Waals surface area contributed by atoms with Crippen LogP contribution < -0.4 is 5.32 Å². The molecule has 0 bridgehead atoms. The first kappa shape index (κ1) is 23.9. The molecule has 1 aromatic heterocycles. The molecule has 0 saturated heterocycles. The summed E-state index contributed by atoms with van der Waals surface area (Å²) in [6.45, 7) is 6.03. The molecule has 0 atom stereocenters. The van der Waals surface area contributed by atoms with Crippen molar-refractivity contribution in [1.29, 1.82) is 0 Å². The van der Waals surface area contributed by atoms with Crippen LogP contribution in [-0.2, 0) is 26.8 Å². The van der Waals surface area contributed by atoms with Crippen molar-refractivity contribution in [2.75, 3.05) is 13.6 Å². The van der Waals surface area contributed by atoms with E-state index in [1.54, 1.807) is 0 Å². The minimum Gasteiger partial charge on any atom is -0.346 e. The van der Waals surface area contributed by atoms with Crippen LogP contribution in [0.1, 0.15) is 32.2 Å². The fourth-order valence-electron chi connectivity index (χ4n) is 2.87. The summed E-state index contributed by atoms with van der Waals surface area (Å²) in [5, 5.41) is 6.97. The maximum Gasteiger partial charge on any atom is 0.246 e. The van der Waals surface area contributed by atoms with Gasteiger partial charge in [-0.15, -0.1) is 0 Å². The van der Waals surface area contributed by atoms with Crippen LogP contribution in [0.2, 0.25) is 5.02 Å². The first-order chi connectivity index (χ1) is 15.0. The van der Waals surface area contributed by atoms with E-state index in [0.29, 0.717) is 10.8 Å². The fourth-order valence-corrected chi connectivity index (χ4v) is 4.12. The first-order valence-corrected chi connectivity index (χ1v) is 11.7. The van der Waals surface area contributed by atoms with E-state index in [2.05, 4.69) is 36.2 Å². The van der Waals surface area contributed by atoms with Gasteiger partial charge in [0.25, 0.3) is 0 Å². The number of carbonyl (C=O) groups is 1. The highest BCUT2D eigenvalue weighted by atomic mass is 35.5. The summed E-state index contributed by atoms with van der Waals surface area (Å²) >= 11 is 5.80.